The molecule has 0 fully saturated rings. The van der Waals surface area contributed by atoms with Gasteiger partial charge < -0.3 is 4.57 Å². The summed E-state index contributed by atoms with van der Waals surface area (Å²) in [4.78, 5) is 19.2. The Kier molecular flexibility index (Phi) is 6.07. The zero-order valence-electron chi connectivity index (χ0n) is 19.7. The van der Waals surface area contributed by atoms with Crippen LogP contribution in [0.25, 0.3) is 27.7 Å². The summed E-state index contributed by atoms with van der Waals surface area (Å²) < 4.78 is 5.84. The van der Waals surface area contributed by atoms with E-state index in [4.69, 9.17) is 4.99 Å². The zero-order valence-corrected chi connectivity index (χ0v) is 20.5. The van der Waals surface area contributed by atoms with Gasteiger partial charge in [0.05, 0.1) is 17.1 Å². The van der Waals surface area contributed by atoms with E-state index in [2.05, 4.69) is 59.3 Å². The van der Waals surface area contributed by atoms with Gasteiger partial charge in [-0.2, -0.15) is 0 Å². The smallest absolute Gasteiger partial charge is 0.297 e. The fourth-order valence-electron chi connectivity index (χ4n) is 4.39. The summed E-state index contributed by atoms with van der Waals surface area (Å²) in [6.45, 7) is 5.01. The summed E-state index contributed by atoms with van der Waals surface area (Å²) in [5, 5.41) is 4.61. The highest BCUT2D eigenvalue weighted by atomic mass is 32.1. The summed E-state index contributed by atoms with van der Waals surface area (Å²) in [5.74, 6) is 0. The Bertz CT molecular complexity index is 1580. The third-order valence-electron chi connectivity index (χ3n) is 6.33. The molecule has 0 aliphatic heterocycles. The summed E-state index contributed by atoms with van der Waals surface area (Å²) in [7, 11) is 1.91. The van der Waals surface area contributed by atoms with E-state index in [0.717, 1.165) is 41.3 Å². The molecular weight excluding hydrogens is 440 g/mol. The lowest BCUT2D eigenvalue weighted by atomic mass is 10.0. The predicted octanol–water partition coefficient (Wildman–Crippen LogP) is 6.20. The minimum atomic E-state index is -0.103. The molecule has 0 radical (unpaired) electrons. The summed E-state index contributed by atoms with van der Waals surface area (Å²) in [6, 6.07) is 24.6. The van der Waals surface area contributed by atoms with Crippen molar-refractivity contribution in [1.82, 2.24) is 13.9 Å². The van der Waals surface area contributed by atoms with Gasteiger partial charge in [-0.1, -0.05) is 74.0 Å². The van der Waals surface area contributed by atoms with Crippen molar-refractivity contribution >= 4 is 27.8 Å². The second-order valence-electron chi connectivity index (χ2n) is 8.46. The van der Waals surface area contributed by atoms with Gasteiger partial charge in [-0.15, -0.1) is 11.3 Å². The predicted molar refractivity (Wildman–Crippen MR) is 141 cm³/mol. The molecule has 0 amide bonds. The third-order valence-corrected chi connectivity index (χ3v) is 7.19. The Morgan fingerprint density at radius 2 is 1.68 bits per heavy atom. The Labute approximate surface area is 202 Å². The molecule has 0 saturated carbocycles. The van der Waals surface area contributed by atoms with Gasteiger partial charge in [-0.3, -0.25) is 9.48 Å². The van der Waals surface area contributed by atoms with E-state index in [1.165, 1.54) is 16.3 Å². The van der Waals surface area contributed by atoms with Crippen molar-refractivity contribution in [2.24, 2.45) is 12.0 Å². The van der Waals surface area contributed by atoms with Crippen LogP contribution in [0.1, 0.15) is 25.5 Å². The van der Waals surface area contributed by atoms with Crippen LogP contribution >= 0.6 is 11.3 Å². The van der Waals surface area contributed by atoms with E-state index in [0.29, 0.717) is 5.69 Å². The fourth-order valence-corrected chi connectivity index (χ4v) is 5.33. The van der Waals surface area contributed by atoms with Crippen molar-refractivity contribution in [3.63, 3.8) is 0 Å². The number of unbranched alkanes of at least 4 members (excludes halogenated alkanes) is 1. The van der Waals surface area contributed by atoms with Crippen LogP contribution in [0.15, 0.2) is 88.0 Å². The van der Waals surface area contributed by atoms with E-state index in [-0.39, 0.29) is 5.56 Å². The number of hydrogen-bond donors (Lipinski definition) is 0. The van der Waals surface area contributed by atoms with Gasteiger partial charge >= 0.3 is 0 Å². The van der Waals surface area contributed by atoms with Gasteiger partial charge in [0.25, 0.3) is 5.56 Å². The molecule has 0 atom stereocenters. The second kappa shape index (κ2) is 9.31. The Morgan fingerprint density at radius 1 is 0.941 bits per heavy atom. The molecule has 0 saturated heterocycles. The van der Waals surface area contributed by atoms with Gasteiger partial charge in [0, 0.05) is 24.5 Å². The number of thiazole rings is 1. The zero-order chi connectivity index (χ0) is 23.7. The van der Waals surface area contributed by atoms with Crippen molar-refractivity contribution in [3.05, 3.63) is 99.0 Å². The maximum Gasteiger partial charge on any atom is 0.297 e. The molecule has 5 rings (SSSR count). The molecule has 0 bridgehead atoms. The number of fused-ring (bicyclic) bond motifs is 1. The Hall–Kier alpha value is -3.64. The highest BCUT2D eigenvalue weighted by Crippen LogP contribution is 2.29. The van der Waals surface area contributed by atoms with Crippen LogP contribution in [0.4, 0.5) is 5.69 Å². The Morgan fingerprint density at radius 3 is 2.47 bits per heavy atom. The largest absolute Gasteiger partial charge is 0.316 e. The highest BCUT2D eigenvalue weighted by Gasteiger charge is 2.17. The van der Waals surface area contributed by atoms with Gasteiger partial charge in [-0.05, 0) is 36.2 Å². The molecule has 0 spiro atoms. The molecule has 34 heavy (non-hydrogen) atoms. The quantitative estimate of drug-likeness (QED) is 0.293. The normalized spacial score (nSPS) is 12.0. The van der Waals surface area contributed by atoms with Crippen molar-refractivity contribution in [3.8, 4) is 16.9 Å². The summed E-state index contributed by atoms with van der Waals surface area (Å²) in [6.07, 6.45) is 2.13. The van der Waals surface area contributed by atoms with Crippen LogP contribution in [-0.4, -0.2) is 13.9 Å². The Balaban J connectivity index is 1.71. The van der Waals surface area contributed by atoms with Crippen molar-refractivity contribution in [2.75, 3.05) is 0 Å². The van der Waals surface area contributed by atoms with Crippen molar-refractivity contribution in [1.29, 1.82) is 0 Å². The van der Waals surface area contributed by atoms with Gasteiger partial charge in [0.15, 0.2) is 10.5 Å². The lowest BCUT2D eigenvalue weighted by molar-refractivity contribution is 0.624. The van der Waals surface area contributed by atoms with E-state index in [9.17, 15) is 4.79 Å². The number of nitrogens with zero attached hydrogens (tertiary/aromatic N) is 4. The van der Waals surface area contributed by atoms with Crippen LogP contribution in [0.3, 0.4) is 0 Å². The standard InChI is InChI=1S/C28H28N4OS/c1-4-5-18-31-25(24-17-11-13-21-12-9-10-16-23(21)24)19-34-28(31)29-26-20(2)30(3)32(27(26)33)22-14-7-6-8-15-22/h6-17,19H,4-5,18H2,1-3H3. The first-order chi connectivity index (χ1) is 16.6. The first kappa shape index (κ1) is 22.2. The summed E-state index contributed by atoms with van der Waals surface area (Å²) >= 11 is 1.59. The molecule has 0 aliphatic carbocycles. The fraction of sp³-hybridized carbons (Fsp3) is 0.214. The van der Waals surface area contributed by atoms with E-state index < -0.39 is 0 Å². The average molecular weight is 469 g/mol. The van der Waals surface area contributed by atoms with Gasteiger partial charge in [-0.25, -0.2) is 9.67 Å². The molecule has 0 N–H and O–H groups in total. The molecule has 6 heteroatoms. The average Bonchev–Trinajstić information content (AvgIpc) is 3.36. The van der Waals surface area contributed by atoms with Crippen LogP contribution in [-0.2, 0) is 13.6 Å². The number of hydrogen-bond acceptors (Lipinski definition) is 3. The number of aromatic nitrogens is 3. The van der Waals surface area contributed by atoms with Crippen LogP contribution in [0.5, 0.6) is 0 Å². The first-order valence-corrected chi connectivity index (χ1v) is 12.5. The number of para-hydroxylation sites is 1. The lowest BCUT2D eigenvalue weighted by Gasteiger charge is -2.11. The molecule has 0 aliphatic rings. The monoisotopic (exact) mass is 468 g/mol. The molecular formula is C28H28N4OS. The minimum absolute atomic E-state index is 0.103. The molecule has 172 valence electrons. The van der Waals surface area contributed by atoms with Gasteiger partial charge in [0.1, 0.15) is 0 Å². The molecule has 3 aromatic carbocycles. The van der Waals surface area contributed by atoms with E-state index in [1.807, 2.05) is 49.0 Å². The van der Waals surface area contributed by atoms with Gasteiger partial charge in [0.2, 0.25) is 0 Å². The van der Waals surface area contributed by atoms with Crippen LogP contribution in [0.2, 0.25) is 0 Å². The van der Waals surface area contributed by atoms with Crippen molar-refractivity contribution in [2.45, 2.75) is 33.2 Å². The summed E-state index contributed by atoms with van der Waals surface area (Å²) in [5.41, 5.74) is 4.40. The third kappa shape index (κ3) is 3.84. The molecule has 5 nitrogen and oxygen atoms in total. The molecule has 2 aromatic heterocycles. The lowest BCUT2D eigenvalue weighted by Crippen LogP contribution is -2.20. The first-order valence-electron chi connectivity index (χ1n) is 11.7. The molecule has 5 aromatic rings. The second-order valence-corrected chi connectivity index (χ2v) is 9.29. The number of rotatable bonds is 6. The minimum Gasteiger partial charge on any atom is -0.316 e. The van der Waals surface area contributed by atoms with Crippen LogP contribution in [0, 0.1) is 6.92 Å². The SMILES string of the molecule is CCCCn1c(-c2cccc3ccccc23)csc1=Nc1c(C)n(C)n(-c2ccccc2)c1=O. The molecule has 2 heterocycles. The highest BCUT2D eigenvalue weighted by molar-refractivity contribution is 7.07. The topological polar surface area (TPSA) is 44.2 Å². The maximum absolute atomic E-state index is 13.4. The maximum atomic E-state index is 13.4. The molecule has 0 unspecified atom stereocenters. The van der Waals surface area contributed by atoms with E-state index in [1.54, 1.807) is 16.0 Å². The number of benzene rings is 3. The van der Waals surface area contributed by atoms with E-state index >= 15 is 0 Å². The van der Waals surface area contributed by atoms with Crippen molar-refractivity contribution < 1.29 is 0 Å². The van der Waals surface area contributed by atoms with Crippen LogP contribution < -0.4 is 10.4 Å².